The normalized spacial score (nSPS) is 11.1. The SMILES string of the molecule is COc1cc(Cl)ccc1CNC(=O)C(C)(C)N. The predicted molar refractivity (Wildman–Crippen MR) is 68.1 cm³/mol. The van der Waals surface area contributed by atoms with Crippen LogP contribution in [0.3, 0.4) is 0 Å². The van der Waals surface area contributed by atoms with Gasteiger partial charge >= 0.3 is 0 Å². The third kappa shape index (κ3) is 3.91. The van der Waals surface area contributed by atoms with Crippen LogP contribution in [-0.4, -0.2) is 18.6 Å². The number of methoxy groups -OCH3 is 1. The summed E-state index contributed by atoms with van der Waals surface area (Å²) in [6.07, 6.45) is 0. The van der Waals surface area contributed by atoms with Crippen LogP contribution in [0, 0.1) is 0 Å². The summed E-state index contributed by atoms with van der Waals surface area (Å²) in [6.45, 7) is 3.67. The molecule has 0 radical (unpaired) electrons. The zero-order valence-corrected chi connectivity index (χ0v) is 11.0. The van der Waals surface area contributed by atoms with Gasteiger partial charge in [0.05, 0.1) is 12.6 Å². The largest absolute Gasteiger partial charge is 0.496 e. The predicted octanol–water partition coefficient (Wildman–Crippen LogP) is 1.70. The van der Waals surface area contributed by atoms with Crippen molar-refractivity contribution in [3.05, 3.63) is 28.8 Å². The van der Waals surface area contributed by atoms with Crippen molar-refractivity contribution in [1.82, 2.24) is 5.32 Å². The highest BCUT2D eigenvalue weighted by atomic mass is 35.5. The van der Waals surface area contributed by atoms with E-state index in [9.17, 15) is 4.79 Å². The van der Waals surface area contributed by atoms with Crippen molar-refractivity contribution in [3.8, 4) is 5.75 Å². The van der Waals surface area contributed by atoms with Crippen LogP contribution in [0.25, 0.3) is 0 Å². The molecule has 1 aromatic rings. The maximum Gasteiger partial charge on any atom is 0.239 e. The van der Waals surface area contributed by atoms with Gasteiger partial charge in [0.15, 0.2) is 0 Å². The zero-order chi connectivity index (χ0) is 13.1. The van der Waals surface area contributed by atoms with Gasteiger partial charge < -0.3 is 15.8 Å². The Kier molecular flexibility index (Phi) is 4.37. The van der Waals surface area contributed by atoms with Crippen molar-refractivity contribution in [2.24, 2.45) is 5.73 Å². The van der Waals surface area contributed by atoms with E-state index in [1.807, 2.05) is 6.07 Å². The Balaban J connectivity index is 2.73. The molecule has 1 amide bonds. The van der Waals surface area contributed by atoms with E-state index >= 15 is 0 Å². The Morgan fingerprint density at radius 1 is 1.53 bits per heavy atom. The monoisotopic (exact) mass is 256 g/mol. The van der Waals surface area contributed by atoms with Crippen LogP contribution in [0.2, 0.25) is 5.02 Å². The number of nitrogens with two attached hydrogens (primary N) is 1. The number of nitrogens with one attached hydrogen (secondary N) is 1. The van der Waals surface area contributed by atoms with Crippen LogP contribution in [0.4, 0.5) is 0 Å². The molecule has 94 valence electrons. The minimum Gasteiger partial charge on any atom is -0.496 e. The molecule has 0 fully saturated rings. The molecule has 5 heteroatoms. The molecule has 0 aliphatic carbocycles. The number of carbonyl (C=O) groups is 1. The molecular weight excluding hydrogens is 240 g/mol. The van der Waals surface area contributed by atoms with Gasteiger partial charge in [0.2, 0.25) is 5.91 Å². The van der Waals surface area contributed by atoms with Crippen LogP contribution in [0.1, 0.15) is 19.4 Å². The lowest BCUT2D eigenvalue weighted by Crippen LogP contribution is -2.48. The van der Waals surface area contributed by atoms with Gasteiger partial charge in [0, 0.05) is 17.1 Å². The van der Waals surface area contributed by atoms with Gasteiger partial charge in [0.25, 0.3) is 0 Å². The summed E-state index contributed by atoms with van der Waals surface area (Å²) in [6, 6.07) is 5.26. The fourth-order valence-corrected chi connectivity index (χ4v) is 1.43. The highest BCUT2D eigenvalue weighted by Gasteiger charge is 2.21. The van der Waals surface area contributed by atoms with Gasteiger partial charge in [-0.05, 0) is 26.0 Å². The molecule has 1 rings (SSSR count). The van der Waals surface area contributed by atoms with Crippen LogP contribution in [-0.2, 0) is 11.3 Å². The highest BCUT2D eigenvalue weighted by molar-refractivity contribution is 6.30. The summed E-state index contributed by atoms with van der Waals surface area (Å²) < 4.78 is 5.18. The lowest BCUT2D eigenvalue weighted by Gasteiger charge is -2.18. The minimum atomic E-state index is -0.889. The quantitative estimate of drug-likeness (QED) is 0.862. The van der Waals surface area contributed by atoms with Crippen LogP contribution in [0.5, 0.6) is 5.75 Å². The number of carbonyl (C=O) groups excluding carboxylic acids is 1. The molecule has 0 unspecified atom stereocenters. The fourth-order valence-electron chi connectivity index (χ4n) is 1.27. The molecule has 0 bridgehead atoms. The molecule has 0 saturated carbocycles. The number of ether oxygens (including phenoxy) is 1. The van der Waals surface area contributed by atoms with E-state index in [-0.39, 0.29) is 5.91 Å². The van der Waals surface area contributed by atoms with Gasteiger partial charge in [-0.2, -0.15) is 0 Å². The van der Waals surface area contributed by atoms with Crippen LogP contribution in [0.15, 0.2) is 18.2 Å². The average Bonchev–Trinajstić information content (AvgIpc) is 2.25. The van der Waals surface area contributed by atoms with Crippen LogP contribution < -0.4 is 15.8 Å². The molecule has 0 saturated heterocycles. The van der Waals surface area contributed by atoms with E-state index < -0.39 is 5.54 Å². The van der Waals surface area contributed by atoms with Gasteiger partial charge in [-0.1, -0.05) is 17.7 Å². The van der Waals surface area contributed by atoms with E-state index in [1.165, 1.54) is 0 Å². The summed E-state index contributed by atoms with van der Waals surface area (Å²) in [5, 5.41) is 3.34. The molecule has 17 heavy (non-hydrogen) atoms. The maximum atomic E-state index is 11.6. The lowest BCUT2D eigenvalue weighted by atomic mass is 10.1. The Labute approximate surface area is 106 Å². The number of hydrogen-bond donors (Lipinski definition) is 2. The number of halogens is 1. The molecule has 4 nitrogen and oxygen atoms in total. The summed E-state index contributed by atoms with van der Waals surface area (Å²) >= 11 is 5.84. The fraction of sp³-hybridized carbons (Fsp3) is 0.417. The Morgan fingerprint density at radius 3 is 2.71 bits per heavy atom. The van der Waals surface area contributed by atoms with Crippen molar-refractivity contribution in [2.45, 2.75) is 25.9 Å². The van der Waals surface area contributed by atoms with Crippen molar-refractivity contribution in [1.29, 1.82) is 0 Å². The smallest absolute Gasteiger partial charge is 0.239 e. The van der Waals surface area contributed by atoms with Crippen LogP contribution >= 0.6 is 11.6 Å². The Morgan fingerprint density at radius 2 is 2.18 bits per heavy atom. The van der Waals surface area contributed by atoms with Crippen molar-refractivity contribution in [2.75, 3.05) is 7.11 Å². The first-order valence-electron chi connectivity index (χ1n) is 5.24. The molecule has 0 atom stereocenters. The maximum absolute atomic E-state index is 11.6. The first-order valence-corrected chi connectivity index (χ1v) is 5.62. The second-order valence-corrected chi connectivity index (χ2v) is 4.80. The number of amides is 1. The molecule has 0 aliphatic rings. The van der Waals surface area contributed by atoms with E-state index in [4.69, 9.17) is 22.1 Å². The zero-order valence-electron chi connectivity index (χ0n) is 10.2. The average molecular weight is 257 g/mol. The molecule has 0 aliphatic heterocycles. The van der Waals surface area contributed by atoms with E-state index in [0.29, 0.717) is 17.3 Å². The van der Waals surface area contributed by atoms with Gasteiger partial charge in [0.1, 0.15) is 5.75 Å². The van der Waals surface area contributed by atoms with E-state index in [2.05, 4.69) is 5.32 Å². The molecular formula is C12H17ClN2O2. The minimum absolute atomic E-state index is 0.213. The third-order valence-corrected chi connectivity index (χ3v) is 2.51. The second kappa shape index (κ2) is 5.38. The number of hydrogen-bond acceptors (Lipinski definition) is 3. The standard InChI is InChI=1S/C12H17ClN2O2/c1-12(2,14)11(16)15-7-8-4-5-9(13)6-10(8)17-3/h4-6H,7,14H2,1-3H3,(H,15,16). The number of rotatable bonds is 4. The van der Waals surface area contributed by atoms with Gasteiger partial charge in [-0.15, -0.1) is 0 Å². The van der Waals surface area contributed by atoms with Gasteiger partial charge in [-0.25, -0.2) is 0 Å². The first-order chi connectivity index (χ1) is 7.84. The Hall–Kier alpha value is -1.26. The summed E-state index contributed by atoms with van der Waals surface area (Å²) in [5.41, 5.74) is 5.64. The summed E-state index contributed by atoms with van der Waals surface area (Å²) in [7, 11) is 1.56. The summed E-state index contributed by atoms with van der Waals surface area (Å²) in [4.78, 5) is 11.6. The molecule has 0 heterocycles. The van der Waals surface area contributed by atoms with E-state index in [0.717, 1.165) is 5.56 Å². The van der Waals surface area contributed by atoms with Crippen molar-refractivity contribution >= 4 is 17.5 Å². The number of benzene rings is 1. The van der Waals surface area contributed by atoms with Crippen molar-refractivity contribution in [3.63, 3.8) is 0 Å². The molecule has 1 aromatic carbocycles. The molecule has 3 N–H and O–H groups in total. The third-order valence-electron chi connectivity index (χ3n) is 2.27. The summed E-state index contributed by atoms with van der Waals surface area (Å²) in [5.74, 6) is 0.433. The lowest BCUT2D eigenvalue weighted by molar-refractivity contribution is -0.125. The molecule has 0 spiro atoms. The topological polar surface area (TPSA) is 64.3 Å². The van der Waals surface area contributed by atoms with Crippen molar-refractivity contribution < 1.29 is 9.53 Å². The van der Waals surface area contributed by atoms with E-state index in [1.54, 1.807) is 33.1 Å². The first kappa shape index (κ1) is 13.8. The molecule has 0 aromatic heterocycles. The Bertz CT molecular complexity index is 413. The second-order valence-electron chi connectivity index (χ2n) is 4.36. The van der Waals surface area contributed by atoms with Gasteiger partial charge in [-0.3, -0.25) is 4.79 Å². The highest BCUT2D eigenvalue weighted by Crippen LogP contribution is 2.22.